The Kier molecular flexibility index (Phi) is 2.95. The molecule has 0 bridgehead atoms. The van der Waals surface area contributed by atoms with Crippen molar-refractivity contribution in [1.82, 2.24) is 0 Å². The normalized spacial score (nSPS) is 14.9. The summed E-state index contributed by atoms with van der Waals surface area (Å²) in [6, 6.07) is 4.80. The number of hydrogen-bond acceptors (Lipinski definition) is 2. The van der Waals surface area contributed by atoms with Crippen LogP contribution in [0.25, 0.3) is 0 Å². The summed E-state index contributed by atoms with van der Waals surface area (Å²) in [7, 11) is 1.92. The van der Waals surface area contributed by atoms with Crippen molar-refractivity contribution in [2.24, 2.45) is 5.92 Å². The van der Waals surface area contributed by atoms with Crippen LogP contribution >= 0.6 is 0 Å². The topological polar surface area (TPSA) is 20.3 Å². The average molecular weight is 221 g/mol. The molecule has 1 aromatic rings. The molecule has 3 heteroatoms. The number of ketones is 1. The number of hydrogen-bond donors (Lipinski definition) is 0. The van der Waals surface area contributed by atoms with Crippen molar-refractivity contribution in [3.8, 4) is 0 Å². The van der Waals surface area contributed by atoms with E-state index in [1.165, 1.54) is 25.8 Å². The van der Waals surface area contributed by atoms with E-state index in [0.717, 1.165) is 6.54 Å². The van der Waals surface area contributed by atoms with E-state index >= 15 is 0 Å². The number of benzene rings is 1. The van der Waals surface area contributed by atoms with Gasteiger partial charge in [-0.25, -0.2) is 4.39 Å². The molecule has 0 spiro atoms. The number of Topliss-reactive ketones (excluding diaryl/α,β-unsaturated/α-hetero) is 1. The molecular formula is C13H16FNO. The van der Waals surface area contributed by atoms with Gasteiger partial charge in [0.15, 0.2) is 5.78 Å². The van der Waals surface area contributed by atoms with Gasteiger partial charge in [0.1, 0.15) is 5.82 Å². The van der Waals surface area contributed by atoms with Gasteiger partial charge in [0.05, 0.1) is 11.3 Å². The fourth-order valence-electron chi connectivity index (χ4n) is 1.97. The van der Waals surface area contributed by atoms with Crippen molar-refractivity contribution in [2.75, 3.05) is 18.5 Å². The van der Waals surface area contributed by atoms with Crippen LogP contribution in [0.3, 0.4) is 0 Å². The molecule has 86 valence electrons. The van der Waals surface area contributed by atoms with Crippen LogP contribution in [0.2, 0.25) is 0 Å². The summed E-state index contributed by atoms with van der Waals surface area (Å²) >= 11 is 0. The molecule has 1 fully saturated rings. The Labute approximate surface area is 95.1 Å². The summed E-state index contributed by atoms with van der Waals surface area (Å²) < 4.78 is 13.6. The minimum Gasteiger partial charge on any atom is -0.374 e. The third kappa shape index (κ3) is 2.23. The highest BCUT2D eigenvalue weighted by molar-refractivity contribution is 6.00. The molecule has 0 unspecified atom stereocenters. The monoisotopic (exact) mass is 221 g/mol. The molecule has 0 heterocycles. The Hall–Kier alpha value is -1.38. The molecule has 1 aromatic carbocycles. The molecule has 16 heavy (non-hydrogen) atoms. The third-order valence-corrected chi connectivity index (χ3v) is 2.98. The van der Waals surface area contributed by atoms with Crippen LogP contribution in [0, 0.1) is 11.7 Å². The Morgan fingerprint density at radius 2 is 2.19 bits per heavy atom. The van der Waals surface area contributed by atoms with Crippen LogP contribution in [0.1, 0.15) is 30.1 Å². The van der Waals surface area contributed by atoms with Gasteiger partial charge in [-0.1, -0.05) is 6.07 Å². The zero-order valence-electron chi connectivity index (χ0n) is 9.66. The molecule has 0 amide bonds. The number of carbonyl (C=O) groups is 1. The van der Waals surface area contributed by atoms with Crippen LogP contribution in [-0.2, 0) is 0 Å². The largest absolute Gasteiger partial charge is 0.374 e. The van der Waals surface area contributed by atoms with Crippen LogP contribution < -0.4 is 4.90 Å². The van der Waals surface area contributed by atoms with E-state index in [-0.39, 0.29) is 11.3 Å². The second kappa shape index (κ2) is 4.24. The molecule has 0 N–H and O–H groups in total. The Balaban J connectivity index is 2.30. The van der Waals surface area contributed by atoms with Crippen molar-refractivity contribution in [2.45, 2.75) is 19.8 Å². The number of carbonyl (C=O) groups excluding carboxylic acids is 1. The Morgan fingerprint density at radius 3 is 2.75 bits per heavy atom. The summed E-state index contributed by atoms with van der Waals surface area (Å²) in [5.74, 6) is 0.0801. The standard InChI is InChI=1S/C13H16FNO/c1-9(16)13-11(14)4-3-5-12(13)15(2)8-10-6-7-10/h3-5,10H,6-8H2,1-2H3. The maximum Gasteiger partial charge on any atom is 0.164 e. The molecule has 0 atom stereocenters. The van der Waals surface area contributed by atoms with E-state index in [9.17, 15) is 9.18 Å². The van der Waals surface area contributed by atoms with Gasteiger partial charge in [0.25, 0.3) is 0 Å². The average Bonchev–Trinajstić information content (AvgIpc) is 3.00. The van der Waals surface area contributed by atoms with Crippen LogP contribution in [-0.4, -0.2) is 19.4 Å². The van der Waals surface area contributed by atoms with E-state index in [1.54, 1.807) is 6.07 Å². The van der Waals surface area contributed by atoms with Crippen molar-refractivity contribution in [1.29, 1.82) is 0 Å². The van der Waals surface area contributed by atoms with Gasteiger partial charge in [-0.15, -0.1) is 0 Å². The summed E-state index contributed by atoms with van der Waals surface area (Å²) in [6.07, 6.45) is 2.49. The van der Waals surface area contributed by atoms with E-state index in [2.05, 4.69) is 0 Å². The SMILES string of the molecule is CC(=O)c1c(F)cccc1N(C)CC1CC1. The molecular weight excluding hydrogens is 205 g/mol. The van der Waals surface area contributed by atoms with Gasteiger partial charge >= 0.3 is 0 Å². The maximum absolute atomic E-state index is 13.6. The van der Waals surface area contributed by atoms with Crippen LogP contribution in [0.15, 0.2) is 18.2 Å². The van der Waals surface area contributed by atoms with Gasteiger partial charge in [-0.05, 0) is 37.8 Å². The molecule has 2 rings (SSSR count). The van der Waals surface area contributed by atoms with Crippen molar-refractivity contribution in [3.05, 3.63) is 29.6 Å². The van der Waals surface area contributed by atoms with E-state index in [0.29, 0.717) is 11.6 Å². The predicted molar refractivity (Wildman–Crippen MR) is 62.4 cm³/mol. The molecule has 0 radical (unpaired) electrons. The highest BCUT2D eigenvalue weighted by Gasteiger charge is 2.24. The number of anilines is 1. The molecule has 2 nitrogen and oxygen atoms in total. The number of halogens is 1. The lowest BCUT2D eigenvalue weighted by atomic mass is 10.1. The van der Waals surface area contributed by atoms with E-state index < -0.39 is 5.82 Å². The zero-order chi connectivity index (χ0) is 11.7. The molecule has 1 aliphatic rings. The highest BCUT2D eigenvalue weighted by atomic mass is 19.1. The summed E-state index contributed by atoms with van der Waals surface area (Å²) in [4.78, 5) is 13.4. The summed E-state index contributed by atoms with van der Waals surface area (Å²) in [5, 5.41) is 0. The Morgan fingerprint density at radius 1 is 1.50 bits per heavy atom. The maximum atomic E-state index is 13.6. The molecule has 0 saturated heterocycles. The first-order valence-electron chi connectivity index (χ1n) is 5.60. The number of rotatable bonds is 4. The first-order valence-corrected chi connectivity index (χ1v) is 5.60. The van der Waals surface area contributed by atoms with Gasteiger partial charge in [-0.3, -0.25) is 4.79 Å². The smallest absolute Gasteiger partial charge is 0.164 e. The molecule has 0 aromatic heterocycles. The lowest BCUT2D eigenvalue weighted by Crippen LogP contribution is -2.22. The van der Waals surface area contributed by atoms with Crippen molar-refractivity contribution < 1.29 is 9.18 Å². The van der Waals surface area contributed by atoms with Crippen LogP contribution in [0.5, 0.6) is 0 Å². The first-order chi connectivity index (χ1) is 7.59. The predicted octanol–water partition coefficient (Wildman–Crippen LogP) is 2.87. The molecule has 1 aliphatic carbocycles. The van der Waals surface area contributed by atoms with Gasteiger partial charge in [-0.2, -0.15) is 0 Å². The fourth-order valence-corrected chi connectivity index (χ4v) is 1.97. The molecule has 1 saturated carbocycles. The number of nitrogens with zero attached hydrogens (tertiary/aromatic N) is 1. The van der Waals surface area contributed by atoms with E-state index in [4.69, 9.17) is 0 Å². The first kappa shape index (κ1) is 11.1. The quantitative estimate of drug-likeness (QED) is 0.729. The van der Waals surface area contributed by atoms with Crippen molar-refractivity contribution in [3.63, 3.8) is 0 Å². The third-order valence-electron chi connectivity index (χ3n) is 2.98. The minimum absolute atomic E-state index is 0.212. The minimum atomic E-state index is -0.423. The second-order valence-electron chi connectivity index (χ2n) is 4.51. The summed E-state index contributed by atoms with van der Waals surface area (Å²) in [5.41, 5.74) is 0.921. The second-order valence-corrected chi connectivity index (χ2v) is 4.51. The lowest BCUT2D eigenvalue weighted by Gasteiger charge is -2.21. The van der Waals surface area contributed by atoms with Gasteiger partial charge in [0.2, 0.25) is 0 Å². The fraction of sp³-hybridized carbons (Fsp3) is 0.462. The van der Waals surface area contributed by atoms with Gasteiger partial charge < -0.3 is 4.90 Å². The zero-order valence-corrected chi connectivity index (χ0v) is 9.66. The lowest BCUT2D eigenvalue weighted by molar-refractivity contribution is 0.101. The summed E-state index contributed by atoms with van der Waals surface area (Å²) in [6.45, 7) is 2.32. The van der Waals surface area contributed by atoms with Crippen molar-refractivity contribution >= 4 is 11.5 Å². The Bertz CT molecular complexity index is 412. The van der Waals surface area contributed by atoms with E-state index in [1.807, 2.05) is 18.0 Å². The molecule has 0 aliphatic heterocycles. The van der Waals surface area contributed by atoms with Gasteiger partial charge in [0, 0.05) is 13.6 Å². The highest BCUT2D eigenvalue weighted by Crippen LogP contribution is 2.32. The van der Waals surface area contributed by atoms with Crippen LogP contribution in [0.4, 0.5) is 10.1 Å².